The van der Waals surface area contributed by atoms with Crippen LogP contribution in [0.3, 0.4) is 0 Å². The van der Waals surface area contributed by atoms with Gasteiger partial charge < -0.3 is 5.32 Å². The predicted octanol–water partition coefficient (Wildman–Crippen LogP) is 4.78. The van der Waals surface area contributed by atoms with E-state index in [2.05, 4.69) is 15.6 Å². The Morgan fingerprint density at radius 1 is 1.00 bits per heavy atom. The van der Waals surface area contributed by atoms with E-state index in [-0.39, 0.29) is 30.2 Å². The standard InChI is InChI=1S/C30H31N5O3/c1-20-10-3-6-15-25(20)29(30(38)31-23-12-4-5-13-23)35(24-14-9-11-22(18-24)21(2)36)28(37)19-34-27-17-8-7-16-26(27)32-33-34/h3,6-11,14-18,23,29H,4-5,12-13,19H2,1-2H3,(H,31,38)/t29-/m1/s1. The minimum atomic E-state index is -0.929. The van der Waals surface area contributed by atoms with Gasteiger partial charge in [0.25, 0.3) is 0 Å². The smallest absolute Gasteiger partial charge is 0.249 e. The number of hydrogen-bond acceptors (Lipinski definition) is 5. The minimum absolute atomic E-state index is 0.0776. The molecule has 0 saturated heterocycles. The molecule has 8 nitrogen and oxygen atoms in total. The number of carbonyl (C=O) groups is 3. The zero-order valence-electron chi connectivity index (χ0n) is 21.6. The van der Waals surface area contributed by atoms with Crippen molar-refractivity contribution in [3.8, 4) is 0 Å². The number of nitrogens with one attached hydrogen (secondary N) is 1. The molecule has 194 valence electrons. The normalized spacial score (nSPS) is 14.4. The summed E-state index contributed by atoms with van der Waals surface area (Å²) in [5, 5.41) is 11.6. The molecular weight excluding hydrogens is 478 g/mol. The number of hydrogen-bond donors (Lipinski definition) is 1. The predicted molar refractivity (Wildman–Crippen MR) is 146 cm³/mol. The van der Waals surface area contributed by atoms with E-state index in [0.717, 1.165) is 42.3 Å². The fourth-order valence-corrected chi connectivity index (χ4v) is 5.19. The van der Waals surface area contributed by atoms with Gasteiger partial charge in [-0.1, -0.05) is 66.6 Å². The van der Waals surface area contributed by atoms with E-state index < -0.39 is 6.04 Å². The van der Waals surface area contributed by atoms with E-state index in [1.807, 2.05) is 55.5 Å². The summed E-state index contributed by atoms with van der Waals surface area (Å²) < 4.78 is 1.54. The first-order valence-corrected chi connectivity index (χ1v) is 13.0. The second kappa shape index (κ2) is 11.0. The SMILES string of the molecule is CC(=O)c1cccc(N(C(=O)Cn2nnc3ccccc32)[C@@H](C(=O)NC2CCCC2)c2ccccc2C)c1. The molecule has 1 aliphatic rings. The van der Waals surface area contributed by atoms with Crippen LogP contribution in [0.4, 0.5) is 5.69 Å². The summed E-state index contributed by atoms with van der Waals surface area (Å²) >= 11 is 0. The lowest BCUT2D eigenvalue weighted by Crippen LogP contribution is -2.47. The summed E-state index contributed by atoms with van der Waals surface area (Å²) in [7, 11) is 0. The van der Waals surface area contributed by atoms with Crippen LogP contribution in [0.15, 0.2) is 72.8 Å². The molecule has 3 aromatic carbocycles. The summed E-state index contributed by atoms with van der Waals surface area (Å²) in [5.74, 6) is -0.697. The molecule has 8 heteroatoms. The zero-order chi connectivity index (χ0) is 26.6. The lowest BCUT2D eigenvalue weighted by molar-refractivity contribution is -0.127. The molecule has 1 N–H and O–H groups in total. The van der Waals surface area contributed by atoms with Crippen LogP contribution in [0.5, 0.6) is 0 Å². The highest BCUT2D eigenvalue weighted by Gasteiger charge is 2.35. The van der Waals surface area contributed by atoms with Gasteiger partial charge in [0.2, 0.25) is 11.8 Å². The third-order valence-corrected chi connectivity index (χ3v) is 7.20. The van der Waals surface area contributed by atoms with Gasteiger partial charge in [0.05, 0.1) is 5.52 Å². The van der Waals surface area contributed by atoms with Gasteiger partial charge in [-0.2, -0.15) is 0 Å². The minimum Gasteiger partial charge on any atom is -0.351 e. The molecule has 1 saturated carbocycles. The first kappa shape index (κ1) is 25.3. The number of ketones is 1. The first-order chi connectivity index (χ1) is 18.4. The van der Waals surface area contributed by atoms with Gasteiger partial charge in [-0.15, -0.1) is 5.10 Å². The average molecular weight is 510 g/mol. The fraction of sp³-hybridized carbons (Fsp3) is 0.300. The highest BCUT2D eigenvalue weighted by molar-refractivity contribution is 6.03. The molecule has 38 heavy (non-hydrogen) atoms. The molecular formula is C30H31N5O3. The number of para-hydroxylation sites is 1. The van der Waals surface area contributed by atoms with Gasteiger partial charge in [0, 0.05) is 17.3 Å². The molecule has 0 unspecified atom stereocenters. The van der Waals surface area contributed by atoms with Crippen LogP contribution < -0.4 is 10.2 Å². The lowest BCUT2D eigenvalue weighted by atomic mass is 9.97. The van der Waals surface area contributed by atoms with Gasteiger partial charge >= 0.3 is 0 Å². The molecule has 0 aliphatic heterocycles. The summed E-state index contributed by atoms with van der Waals surface area (Å²) in [6.45, 7) is 3.30. The van der Waals surface area contributed by atoms with Gasteiger partial charge in [-0.25, -0.2) is 4.68 Å². The van der Waals surface area contributed by atoms with Crippen LogP contribution >= 0.6 is 0 Å². The van der Waals surface area contributed by atoms with E-state index in [1.165, 1.54) is 11.8 Å². The second-order valence-electron chi connectivity index (χ2n) is 9.86. The Hall–Kier alpha value is -4.33. The number of amides is 2. The maximum atomic E-state index is 14.2. The average Bonchev–Trinajstić information content (AvgIpc) is 3.58. The fourth-order valence-electron chi connectivity index (χ4n) is 5.19. The topological polar surface area (TPSA) is 97.2 Å². The Labute approximate surface area is 221 Å². The number of anilines is 1. The molecule has 0 bridgehead atoms. The molecule has 5 rings (SSSR count). The Morgan fingerprint density at radius 3 is 2.50 bits per heavy atom. The van der Waals surface area contributed by atoms with E-state index in [9.17, 15) is 14.4 Å². The molecule has 4 aromatic rings. The van der Waals surface area contributed by atoms with E-state index in [1.54, 1.807) is 28.9 Å². The lowest BCUT2D eigenvalue weighted by Gasteiger charge is -2.33. The van der Waals surface area contributed by atoms with Gasteiger partial charge in [0.1, 0.15) is 18.1 Å². The number of fused-ring (bicyclic) bond motifs is 1. The Bertz CT molecular complexity index is 1490. The third kappa shape index (κ3) is 5.20. The first-order valence-electron chi connectivity index (χ1n) is 13.0. The summed E-state index contributed by atoms with van der Waals surface area (Å²) in [6.07, 6.45) is 3.99. The van der Waals surface area contributed by atoms with Gasteiger partial charge in [-0.3, -0.25) is 19.3 Å². The zero-order valence-corrected chi connectivity index (χ0v) is 21.6. The van der Waals surface area contributed by atoms with Crippen molar-refractivity contribution in [2.45, 2.75) is 58.2 Å². The summed E-state index contributed by atoms with van der Waals surface area (Å²) in [5.41, 5.74) is 3.97. The summed E-state index contributed by atoms with van der Waals surface area (Å²) in [4.78, 5) is 41.9. The highest BCUT2D eigenvalue weighted by atomic mass is 16.2. The van der Waals surface area contributed by atoms with Crippen LogP contribution in [-0.2, 0) is 16.1 Å². The van der Waals surface area contributed by atoms with Crippen molar-refractivity contribution in [2.75, 3.05) is 4.90 Å². The highest BCUT2D eigenvalue weighted by Crippen LogP contribution is 2.32. The number of carbonyl (C=O) groups excluding carboxylic acids is 3. The van der Waals surface area contributed by atoms with Crippen molar-refractivity contribution in [1.29, 1.82) is 0 Å². The van der Waals surface area contributed by atoms with Gasteiger partial charge in [0.15, 0.2) is 5.78 Å². The van der Waals surface area contributed by atoms with E-state index >= 15 is 0 Å². The summed E-state index contributed by atoms with van der Waals surface area (Å²) in [6, 6.07) is 21.1. The largest absolute Gasteiger partial charge is 0.351 e. The number of Topliss-reactive ketones (excluding diaryl/α,β-unsaturated/α-hetero) is 1. The number of aromatic nitrogens is 3. The maximum absolute atomic E-state index is 14.2. The molecule has 1 fully saturated rings. The van der Waals surface area contributed by atoms with Crippen molar-refractivity contribution < 1.29 is 14.4 Å². The Kier molecular flexibility index (Phi) is 7.31. The molecule has 2 amide bonds. The van der Waals surface area contributed by atoms with Gasteiger partial charge in [-0.05, 0) is 62.1 Å². The van der Waals surface area contributed by atoms with E-state index in [0.29, 0.717) is 16.8 Å². The van der Waals surface area contributed by atoms with Crippen LogP contribution in [0, 0.1) is 6.92 Å². The number of aryl methyl sites for hydroxylation is 1. The molecule has 0 spiro atoms. The quantitative estimate of drug-likeness (QED) is 0.345. The molecule has 1 atom stereocenters. The van der Waals surface area contributed by atoms with Crippen LogP contribution in [0.25, 0.3) is 11.0 Å². The Balaban J connectivity index is 1.61. The van der Waals surface area contributed by atoms with Crippen molar-refractivity contribution in [3.63, 3.8) is 0 Å². The van der Waals surface area contributed by atoms with Crippen LogP contribution in [-0.4, -0.2) is 38.6 Å². The van der Waals surface area contributed by atoms with Crippen LogP contribution in [0.1, 0.15) is 60.1 Å². The van der Waals surface area contributed by atoms with Crippen LogP contribution in [0.2, 0.25) is 0 Å². The number of nitrogens with zero attached hydrogens (tertiary/aromatic N) is 4. The molecule has 1 heterocycles. The number of benzene rings is 3. The molecule has 0 radical (unpaired) electrons. The van der Waals surface area contributed by atoms with Crippen molar-refractivity contribution in [1.82, 2.24) is 20.3 Å². The van der Waals surface area contributed by atoms with Crippen molar-refractivity contribution in [2.24, 2.45) is 0 Å². The van der Waals surface area contributed by atoms with Crippen molar-refractivity contribution >= 4 is 34.3 Å². The third-order valence-electron chi connectivity index (χ3n) is 7.20. The molecule has 1 aromatic heterocycles. The maximum Gasteiger partial charge on any atom is 0.249 e. The second-order valence-corrected chi connectivity index (χ2v) is 9.86. The number of rotatable bonds is 8. The molecule has 1 aliphatic carbocycles. The monoisotopic (exact) mass is 509 g/mol. The van der Waals surface area contributed by atoms with Crippen molar-refractivity contribution in [3.05, 3.63) is 89.5 Å². The van der Waals surface area contributed by atoms with E-state index in [4.69, 9.17) is 0 Å². The Morgan fingerprint density at radius 2 is 1.74 bits per heavy atom.